The molecule has 3 aromatic carbocycles. The minimum absolute atomic E-state index is 0.00827. The van der Waals surface area contributed by atoms with Crippen molar-refractivity contribution in [3.63, 3.8) is 0 Å². The zero-order chi connectivity index (χ0) is 24.7. The number of nitrogens with zero attached hydrogens (tertiary/aromatic N) is 2. The second-order valence-corrected chi connectivity index (χ2v) is 9.63. The Balaban J connectivity index is 1.72. The standard InChI is InChI=1S/C25H19I2N3O4/c1-16(19-5-3-2-4-6-19)29-25(31)20(14-28)11-18-12-22(26)24(23(27)13-18)34-15-17-7-9-21(10-8-17)30(32)33/h2-13,16H,15H2,1H3,(H,29,31)/b20-11-/t16-/m0/s1. The number of benzene rings is 3. The van der Waals surface area contributed by atoms with Crippen molar-refractivity contribution in [3.05, 3.63) is 106 Å². The highest BCUT2D eigenvalue weighted by Crippen LogP contribution is 2.31. The van der Waals surface area contributed by atoms with Crippen LogP contribution in [-0.4, -0.2) is 10.8 Å². The second-order valence-electron chi connectivity index (χ2n) is 7.30. The van der Waals surface area contributed by atoms with E-state index in [-0.39, 0.29) is 23.9 Å². The van der Waals surface area contributed by atoms with E-state index >= 15 is 0 Å². The monoisotopic (exact) mass is 679 g/mol. The van der Waals surface area contributed by atoms with E-state index < -0.39 is 10.8 Å². The molecule has 0 aromatic heterocycles. The number of carbonyl (C=O) groups is 1. The molecule has 0 unspecified atom stereocenters. The molecular formula is C25H19I2N3O4. The number of non-ortho nitro benzene ring substituents is 1. The smallest absolute Gasteiger partial charge is 0.269 e. The van der Waals surface area contributed by atoms with E-state index in [4.69, 9.17) is 4.74 Å². The number of hydrogen-bond acceptors (Lipinski definition) is 5. The topological polar surface area (TPSA) is 105 Å². The van der Waals surface area contributed by atoms with Crippen molar-refractivity contribution < 1.29 is 14.5 Å². The normalized spacial score (nSPS) is 11.9. The van der Waals surface area contributed by atoms with Gasteiger partial charge in [-0.1, -0.05) is 30.3 Å². The molecule has 3 rings (SSSR count). The van der Waals surface area contributed by atoms with Crippen LogP contribution in [0.5, 0.6) is 5.75 Å². The number of nitro benzene ring substituents is 1. The van der Waals surface area contributed by atoms with Crippen LogP contribution in [0.4, 0.5) is 5.69 Å². The number of hydrogen-bond donors (Lipinski definition) is 1. The van der Waals surface area contributed by atoms with Gasteiger partial charge in [0.1, 0.15) is 24.0 Å². The van der Waals surface area contributed by atoms with E-state index in [1.54, 1.807) is 18.2 Å². The lowest BCUT2D eigenvalue weighted by molar-refractivity contribution is -0.384. The third-order valence-electron chi connectivity index (χ3n) is 4.87. The van der Waals surface area contributed by atoms with Gasteiger partial charge in [-0.2, -0.15) is 5.26 Å². The zero-order valence-electron chi connectivity index (χ0n) is 18.0. The van der Waals surface area contributed by atoms with E-state index in [2.05, 4.69) is 50.5 Å². The summed E-state index contributed by atoms with van der Waals surface area (Å²) in [7, 11) is 0. The van der Waals surface area contributed by atoms with Gasteiger partial charge < -0.3 is 10.1 Å². The van der Waals surface area contributed by atoms with Crippen molar-refractivity contribution in [1.82, 2.24) is 5.32 Å². The van der Waals surface area contributed by atoms with Crippen molar-refractivity contribution in [1.29, 1.82) is 5.26 Å². The number of halogens is 2. The largest absolute Gasteiger partial charge is 0.487 e. The first-order valence-electron chi connectivity index (χ1n) is 10.1. The van der Waals surface area contributed by atoms with E-state index in [0.717, 1.165) is 18.3 Å². The summed E-state index contributed by atoms with van der Waals surface area (Å²) in [4.78, 5) is 23.0. The molecule has 1 amide bonds. The highest BCUT2D eigenvalue weighted by molar-refractivity contribution is 14.1. The minimum atomic E-state index is -0.444. The lowest BCUT2D eigenvalue weighted by Gasteiger charge is -2.14. The van der Waals surface area contributed by atoms with Gasteiger partial charge in [0.15, 0.2) is 0 Å². The first kappa shape index (κ1) is 25.6. The zero-order valence-corrected chi connectivity index (χ0v) is 22.3. The van der Waals surface area contributed by atoms with Crippen molar-refractivity contribution in [2.75, 3.05) is 0 Å². The maximum atomic E-state index is 12.7. The molecule has 34 heavy (non-hydrogen) atoms. The molecule has 0 aliphatic heterocycles. The highest BCUT2D eigenvalue weighted by Gasteiger charge is 2.15. The van der Waals surface area contributed by atoms with Gasteiger partial charge in [-0.05, 0) is 99.1 Å². The Morgan fingerprint density at radius 3 is 2.32 bits per heavy atom. The summed E-state index contributed by atoms with van der Waals surface area (Å²) < 4.78 is 7.57. The van der Waals surface area contributed by atoms with Crippen molar-refractivity contribution in [2.24, 2.45) is 0 Å². The summed E-state index contributed by atoms with van der Waals surface area (Å²) >= 11 is 4.28. The van der Waals surface area contributed by atoms with E-state index in [0.29, 0.717) is 11.3 Å². The predicted octanol–water partition coefficient (Wildman–Crippen LogP) is 6.17. The summed E-state index contributed by atoms with van der Waals surface area (Å²) in [5.41, 5.74) is 2.49. The van der Waals surface area contributed by atoms with Crippen LogP contribution in [0.25, 0.3) is 6.08 Å². The molecule has 1 atom stereocenters. The van der Waals surface area contributed by atoms with Gasteiger partial charge in [-0.25, -0.2) is 0 Å². The third-order valence-corrected chi connectivity index (χ3v) is 6.48. The Hall–Kier alpha value is -2.98. The van der Waals surface area contributed by atoms with Crippen LogP contribution < -0.4 is 10.1 Å². The fraction of sp³-hybridized carbons (Fsp3) is 0.120. The van der Waals surface area contributed by atoms with E-state index in [9.17, 15) is 20.2 Å². The molecule has 0 radical (unpaired) electrons. The number of nitriles is 1. The molecule has 3 aromatic rings. The quantitative estimate of drug-likeness (QED) is 0.101. The van der Waals surface area contributed by atoms with Gasteiger partial charge >= 0.3 is 0 Å². The van der Waals surface area contributed by atoms with Crippen molar-refractivity contribution in [3.8, 4) is 11.8 Å². The number of rotatable bonds is 8. The van der Waals surface area contributed by atoms with Gasteiger partial charge in [0, 0.05) is 12.1 Å². The van der Waals surface area contributed by atoms with Crippen LogP contribution in [0.15, 0.2) is 72.3 Å². The number of ether oxygens (including phenoxy) is 1. The van der Waals surface area contributed by atoms with Gasteiger partial charge in [0.2, 0.25) is 0 Å². The molecule has 0 heterocycles. The van der Waals surface area contributed by atoms with Crippen LogP contribution >= 0.6 is 45.2 Å². The Morgan fingerprint density at radius 1 is 1.15 bits per heavy atom. The molecule has 0 aliphatic carbocycles. The van der Waals surface area contributed by atoms with Crippen molar-refractivity contribution in [2.45, 2.75) is 19.6 Å². The molecule has 7 nitrogen and oxygen atoms in total. The molecule has 0 spiro atoms. The van der Waals surface area contributed by atoms with Gasteiger partial charge in [-0.3, -0.25) is 14.9 Å². The fourth-order valence-electron chi connectivity index (χ4n) is 3.08. The predicted molar refractivity (Wildman–Crippen MR) is 146 cm³/mol. The minimum Gasteiger partial charge on any atom is -0.487 e. The molecule has 172 valence electrons. The maximum absolute atomic E-state index is 12.7. The average molecular weight is 679 g/mol. The number of nitrogens with one attached hydrogen (secondary N) is 1. The van der Waals surface area contributed by atoms with E-state index in [1.807, 2.05) is 55.5 Å². The molecule has 0 saturated carbocycles. The summed E-state index contributed by atoms with van der Waals surface area (Å²) in [6, 6.07) is 21.1. The molecule has 0 fully saturated rings. The Morgan fingerprint density at radius 2 is 1.76 bits per heavy atom. The molecule has 9 heteroatoms. The van der Waals surface area contributed by atoms with Gasteiger partial charge in [-0.15, -0.1) is 0 Å². The summed E-state index contributed by atoms with van der Waals surface area (Å²) in [6.07, 6.45) is 1.55. The van der Waals surface area contributed by atoms with Crippen LogP contribution in [0.2, 0.25) is 0 Å². The molecule has 0 aliphatic rings. The third kappa shape index (κ3) is 6.77. The summed E-state index contributed by atoms with van der Waals surface area (Å²) in [6.45, 7) is 2.12. The average Bonchev–Trinajstić information content (AvgIpc) is 2.82. The van der Waals surface area contributed by atoms with Crippen LogP contribution in [-0.2, 0) is 11.4 Å². The summed E-state index contributed by atoms with van der Waals surface area (Å²) in [5.74, 6) is 0.222. The number of amides is 1. The Kier molecular flexibility index (Phi) is 9.00. The SMILES string of the molecule is C[C@H](NC(=O)/C(C#N)=C\c1cc(I)c(OCc2ccc([N+](=O)[O-])cc2)c(I)c1)c1ccccc1. The summed E-state index contributed by atoms with van der Waals surface area (Å²) in [5, 5.41) is 23.2. The van der Waals surface area contributed by atoms with Gasteiger partial charge in [0.25, 0.3) is 11.6 Å². The van der Waals surface area contributed by atoms with Crippen molar-refractivity contribution >= 4 is 62.9 Å². The lowest BCUT2D eigenvalue weighted by atomic mass is 10.1. The van der Waals surface area contributed by atoms with Crippen LogP contribution in [0.3, 0.4) is 0 Å². The lowest BCUT2D eigenvalue weighted by Crippen LogP contribution is -2.27. The molecule has 1 N–H and O–H groups in total. The van der Waals surface area contributed by atoms with Crippen LogP contribution in [0.1, 0.15) is 29.7 Å². The first-order valence-corrected chi connectivity index (χ1v) is 12.3. The second kappa shape index (κ2) is 11.9. The Labute approximate surface area is 224 Å². The first-order chi connectivity index (χ1) is 16.3. The van der Waals surface area contributed by atoms with E-state index in [1.165, 1.54) is 12.1 Å². The molecule has 0 saturated heterocycles. The fourth-order valence-corrected chi connectivity index (χ4v) is 5.21. The number of nitro groups is 1. The highest BCUT2D eigenvalue weighted by atomic mass is 127. The molecular weight excluding hydrogens is 660 g/mol. The van der Waals surface area contributed by atoms with Gasteiger partial charge in [0.05, 0.1) is 18.1 Å². The van der Waals surface area contributed by atoms with Crippen LogP contribution in [0, 0.1) is 28.6 Å². The Bertz CT molecular complexity index is 1250. The number of carbonyl (C=O) groups excluding carboxylic acids is 1. The maximum Gasteiger partial charge on any atom is 0.269 e. The molecule has 0 bridgehead atoms.